The largest absolute Gasteiger partial charge is 0.394 e. The van der Waals surface area contributed by atoms with Crippen LogP contribution in [0.4, 0.5) is 0 Å². The van der Waals surface area contributed by atoms with E-state index in [0.29, 0.717) is 12.5 Å². The Labute approximate surface area is 102 Å². The summed E-state index contributed by atoms with van der Waals surface area (Å²) >= 11 is 0. The minimum absolute atomic E-state index is 0.103. The molecular weight excluding hydrogens is 218 g/mol. The van der Waals surface area contributed by atoms with Gasteiger partial charge in [0.25, 0.3) is 0 Å². The van der Waals surface area contributed by atoms with Crippen LogP contribution in [-0.4, -0.2) is 54.7 Å². The molecule has 0 aromatic carbocycles. The van der Waals surface area contributed by atoms with Crippen molar-refractivity contribution < 1.29 is 14.6 Å². The summed E-state index contributed by atoms with van der Waals surface area (Å²) in [6, 6.07) is 0. The molecule has 4 nitrogen and oxygen atoms in total. The molecule has 0 amide bonds. The van der Waals surface area contributed by atoms with Gasteiger partial charge in [0.05, 0.1) is 13.2 Å². The topological polar surface area (TPSA) is 49.8 Å². The number of aliphatic hydroxyl groups is 1. The van der Waals surface area contributed by atoms with Gasteiger partial charge in [-0.05, 0) is 31.6 Å². The van der Waals surface area contributed by atoms with Crippen molar-refractivity contribution in [3.63, 3.8) is 0 Å². The summed E-state index contributed by atoms with van der Waals surface area (Å²) in [6.45, 7) is 2.10. The maximum Gasteiger partial charge on any atom is 0.164 e. The van der Waals surface area contributed by atoms with Gasteiger partial charge in [0, 0.05) is 25.6 Å². The first-order valence-electron chi connectivity index (χ1n) is 6.59. The maximum absolute atomic E-state index is 12.9. The Morgan fingerprint density at radius 3 is 2.53 bits per heavy atom. The molecule has 3 aliphatic heterocycles. The number of Topliss-reactive ketones (excluding diaryl/α,β-unsaturated/α-hetero) is 1. The number of carbonyl (C=O) groups excluding carboxylic acids is 1. The molecule has 0 aromatic rings. The highest BCUT2D eigenvalue weighted by Crippen LogP contribution is 2.57. The second-order valence-electron chi connectivity index (χ2n) is 5.87. The number of piperidine rings is 3. The molecule has 1 atom stereocenters. The fourth-order valence-corrected chi connectivity index (χ4v) is 4.01. The Balaban J connectivity index is 1.97. The van der Waals surface area contributed by atoms with E-state index in [4.69, 9.17) is 4.74 Å². The second kappa shape index (κ2) is 3.77. The van der Waals surface area contributed by atoms with Gasteiger partial charge in [0.2, 0.25) is 0 Å². The van der Waals surface area contributed by atoms with Crippen molar-refractivity contribution in [2.75, 3.05) is 33.4 Å². The highest BCUT2D eigenvalue weighted by Gasteiger charge is 2.64. The second-order valence-corrected chi connectivity index (χ2v) is 5.87. The van der Waals surface area contributed by atoms with Crippen LogP contribution < -0.4 is 0 Å². The van der Waals surface area contributed by atoms with Gasteiger partial charge >= 0.3 is 0 Å². The van der Waals surface area contributed by atoms with E-state index in [1.54, 1.807) is 7.11 Å². The zero-order chi connectivity index (χ0) is 12.1. The summed E-state index contributed by atoms with van der Waals surface area (Å²) in [5.41, 5.74) is -0.871. The predicted molar refractivity (Wildman–Crippen MR) is 62.7 cm³/mol. The molecule has 3 saturated heterocycles. The molecule has 0 aromatic heterocycles. The van der Waals surface area contributed by atoms with Gasteiger partial charge in [-0.15, -0.1) is 0 Å². The number of hydrogen-bond donors (Lipinski definition) is 1. The molecule has 96 valence electrons. The SMILES string of the molecule is COC[C@]1(CO)C(=O)C2(C3CC3)CCN1CC2. The van der Waals surface area contributed by atoms with Gasteiger partial charge in [-0.1, -0.05) is 0 Å². The highest BCUT2D eigenvalue weighted by atomic mass is 16.5. The molecule has 4 aliphatic rings. The van der Waals surface area contributed by atoms with Crippen molar-refractivity contribution in [3.05, 3.63) is 0 Å². The minimum atomic E-state index is -0.742. The number of ether oxygens (including phenoxy) is 1. The first-order chi connectivity index (χ1) is 8.19. The lowest BCUT2D eigenvalue weighted by atomic mass is 9.60. The lowest BCUT2D eigenvalue weighted by molar-refractivity contribution is -0.173. The van der Waals surface area contributed by atoms with Crippen molar-refractivity contribution in [3.8, 4) is 0 Å². The fourth-order valence-electron chi connectivity index (χ4n) is 4.01. The highest BCUT2D eigenvalue weighted by molar-refractivity contribution is 5.96. The van der Waals surface area contributed by atoms with E-state index >= 15 is 0 Å². The van der Waals surface area contributed by atoms with Gasteiger partial charge in [-0.3, -0.25) is 9.69 Å². The average Bonchev–Trinajstić information content (AvgIpc) is 3.19. The predicted octanol–water partition coefficient (Wildman–Crippen LogP) is 0.439. The van der Waals surface area contributed by atoms with Gasteiger partial charge in [0.1, 0.15) is 5.54 Å². The Kier molecular flexibility index (Phi) is 2.58. The number of fused-ring (bicyclic) bond motifs is 3. The van der Waals surface area contributed by atoms with Gasteiger partial charge in [-0.25, -0.2) is 0 Å². The van der Waals surface area contributed by atoms with Crippen LogP contribution in [-0.2, 0) is 9.53 Å². The molecule has 0 spiro atoms. The monoisotopic (exact) mass is 239 g/mol. The van der Waals surface area contributed by atoms with Gasteiger partial charge in [-0.2, -0.15) is 0 Å². The van der Waals surface area contributed by atoms with E-state index in [0.717, 1.165) is 25.9 Å². The minimum Gasteiger partial charge on any atom is -0.394 e. The Morgan fingerprint density at radius 1 is 1.41 bits per heavy atom. The standard InChI is InChI=1S/C13H21NO3/c1-17-9-13(8-15)11(16)12(10-2-3-10)4-6-14(13)7-5-12/h10,15H,2-9H2,1H3/t13-/m1/s1. The van der Waals surface area contributed by atoms with Crippen molar-refractivity contribution in [2.24, 2.45) is 11.3 Å². The molecule has 4 fully saturated rings. The molecule has 4 heteroatoms. The van der Waals surface area contributed by atoms with Crippen molar-refractivity contribution in [1.82, 2.24) is 4.90 Å². The number of hydrogen-bond acceptors (Lipinski definition) is 4. The molecule has 3 heterocycles. The lowest BCUT2D eigenvalue weighted by Gasteiger charge is -2.57. The third kappa shape index (κ3) is 1.38. The van der Waals surface area contributed by atoms with E-state index in [9.17, 15) is 9.90 Å². The molecular formula is C13H21NO3. The summed E-state index contributed by atoms with van der Waals surface area (Å²) in [5, 5.41) is 9.74. The number of ketones is 1. The summed E-state index contributed by atoms with van der Waals surface area (Å²) < 4.78 is 5.22. The number of aliphatic hydroxyl groups excluding tert-OH is 1. The van der Waals surface area contributed by atoms with E-state index in [2.05, 4.69) is 4.90 Å². The molecule has 1 N–H and O–H groups in total. The zero-order valence-corrected chi connectivity index (χ0v) is 10.4. The number of methoxy groups -OCH3 is 1. The van der Waals surface area contributed by atoms with Crippen LogP contribution >= 0.6 is 0 Å². The molecule has 1 saturated carbocycles. The molecule has 2 bridgehead atoms. The van der Waals surface area contributed by atoms with Crippen LogP contribution in [0.2, 0.25) is 0 Å². The summed E-state index contributed by atoms with van der Waals surface area (Å²) in [6.07, 6.45) is 4.37. The lowest BCUT2D eigenvalue weighted by Crippen LogP contribution is -2.73. The van der Waals surface area contributed by atoms with Crippen LogP contribution in [0.25, 0.3) is 0 Å². The van der Waals surface area contributed by atoms with Crippen molar-refractivity contribution >= 4 is 5.78 Å². The first kappa shape index (κ1) is 11.6. The summed E-state index contributed by atoms with van der Waals surface area (Å²) in [5.74, 6) is 0.842. The summed E-state index contributed by atoms with van der Waals surface area (Å²) in [7, 11) is 1.61. The number of nitrogens with zero attached hydrogens (tertiary/aromatic N) is 1. The average molecular weight is 239 g/mol. The third-order valence-electron chi connectivity index (χ3n) is 5.14. The first-order valence-corrected chi connectivity index (χ1v) is 6.59. The molecule has 4 rings (SSSR count). The molecule has 17 heavy (non-hydrogen) atoms. The van der Waals surface area contributed by atoms with Gasteiger partial charge < -0.3 is 9.84 Å². The summed E-state index contributed by atoms with van der Waals surface area (Å²) in [4.78, 5) is 15.0. The Hall–Kier alpha value is -0.450. The van der Waals surface area contributed by atoms with E-state index in [1.807, 2.05) is 0 Å². The van der Waals surface area contributed by atoms with E-state index in [1.165, 1.54) is 12.8 Å². The van der Waals surface area contributed by atoms with E-state index in [-0.39, 0.29) is 17.8 Å². The fraction of sp³-hybridized carbons (Fsp3) is 0.923. The number of rotatable bonds is 4. The Bertz CT molecular complexity index is 332. The molecule has 1 aliphatic carbocycles. The van der Waals surface area contributed by atoms with E-state index < -0.39 is 5.54 Å². The van der Waals surface area contributed by atoms with Crippen LogP contribution in [0.1, 0.15) is 25.7 Å². The normalized spacial score (nSPS) is 45.3. The van der Waals surface area contributed by atoms with Crippen LogP contribution in [0, 0.1) is 11.3 Å². The maximum atomic E-state index is 12.9. The van der Waals surface area contributed by atoms with Crippen molar-refractivity contribution in [1.29, 1.82) is 0 Å². The smallest absolute Gasteiger partial charge is 0.164 e. The molecule has 0 unspecified atom stereocenters. The Morgan fingerprint density at radius 2 is 2.06 bits per heavy atom. The van der Waals surface area contributed by atoms with Crippen LogP contribution in [0.3, 0.4) is 0 Å². The van der Waals surface area contributed by atoms with Gasteiger partial charge in [0.15, 0.2) is 5.78 Å². The van der Waals surface area contributed by atoms with Crippen LogP contribution in [0.15, 0.2) is 0 Å². The number of carbonyl (C=O) groups is 1. The van der Waals surface area contributed by atoms with Crippen molar-refractivity contribution in [2.45, 2.75) is 31.2 Å². The zero-order valence-electron chi connectivity index (χ0n) is 10.4. The molecule has 0 radical (unpaired) electrons. The third-order valence-corrected chi connectivity index (χ3v) is 5.14. The van der Waals surface area contributed by atoms with Crippen LogP contribution in [0.5, 0.6) is 0 Å². The quantitative estimate of drug-likeness (QED) is 0.773.